The van der Waals surface area contributed by atoms with Gasteiger partial charge in [-0.25, -0.2) is 0 Å². The van der Waals surface area contributed by atoms with Crippen LogP contribution in [0.1, 0.15) is 98.1 Å². The Morgan fingerprint density at radius 3 is 1.32 bits per heavy atom. The minimum atomic E-state index is -1.62. The largest absolute Gasteiger partial charge is 0.507 e. The highest BCUT2D eigenvalue weighted by atomic mass is 16.5. The summed E-state index contributed by atoms with van der Waals surface area (Å²) in [5, 5.41) is 69.1. The summed E-state index contributed by atoms with van der Waals surface area (Å²) in [7, 11) is 0. The molecular formula is C38H38O12. The fourth-order valence-corrected chi connectivity index (χ4v) is 8.36. The molecule has 262 valence electrons. The fraction of sp³-hybridized carbons (Fsp3) is 0.368. The summed E-state index contributed by atoms with van der Waals surface area (Å²) >= 11 is 0. The lowest BCUT2D eigenvalue weighted by Gasteiger charge is -2.41. The first-order chi connectivity index (χ1) is 23.3. The summed E-state index contributed by atoms with van der Waals surface area (Å²) in [4.78, 5) is 50.2. The van der Waals surface area contributed by atoms with Gasteiger partial charge < -0.3 is 40.1 Å². The van der Waals surface area contributed by atoms with Crippen LogP contribution in [0.5, 0.6) is 23.0 Å². The van der Waals surface area contributed by atoms with Crippen molar-refractivity contribution in [2.45, 2.75) is 89.6 Å². The van der Waals surface area contributed by atoms with Crippen LogP contribution in [0.2, 0.25) is 0 Å². The molecule has 6 atom stereocenters. The van der Waals surface area contributed by atoms with Gasteiger partial charge in [0, 0.05) is 37.8 Å². The van der Waals surface area contributed by atoms with Crippen LogP contribution in [0.3, 0.4) is 0 Å². The van der Waals surface area contributed by atoms with Gasteiger partial charge in [-0.2, -0.15) is 0 Å². The summed E-state index contributed by atoms with van der Waals surface area (Å²) in [6.07, 6.45) is -2.52. The smallest absolute Gasteiger partial charge is 0.302 e. The molecule has 12 heteroatoms. The molecule has 0 unspecified atom stereocenters. The van der Waals surface area contributed by atoms with Crippen molar-refractivity contribution in [2.24, 2.45) is 0 Å². The van der Waals surface area contributed by atoms with Gasteiger partial charge >= 0.3 is 11.9 Å². The van der Waals surface area contributed by atoms with Gasteiger partial charge in [0.15, 0.2) is 11.6 Å². The van der Waals surface area contributed by atoms with Gasteiger partial charge in [0.1, 0.15) is 35.2 Å². The van der Waals surface area contributed by atoms with E-state index >= 15 is 0 Å². The average molecular weight is 687 g/mol. The summed E-state index contributed by atoms with van der Waals surface area (Å²) in [6, 6.07) is 9.08. The lowest BCUT2D eigenvalue weighted by atomic mass is 9.69. The highest BCUT2D eigenvalue weighted by Gasteiger charge is 2.49. The summed E-state index contributed by atoms with van der Waals surface area (Å²) in [6.45, 7) is 8.50. The van der Waals surface area contributed by atoms with Gasteiger partial charge in [0.2, 0.25) is 0 Å². The van der Waals surface area contributed by atoms with Crippen LogP contribution in [-0.4, -0.2) is 77.6 Å². The molecule has 0 aromatic heterocycles. The van der Waals surface area contributed by atoms with Crippen molar-refractivity contribution in [3.05, 3.63) is 58.7 Å². The summed E-state index contributed by atoms with van der Waals surface area (Å²) in [5.74, 6) is -6.24. The average Bonchev–Trinajstić information content (AvgIpc) is 2.95. The van der Waals surface area contributed by atoms with Crippen LogP contribution in [0.15, 0.2) is 36.4 Å². The zero-order valence-corrected chi connectivity index (χ0v) is 28.3. The van der Waals surface area contributed by atoms with Gasteiger partial charge in [-0.15, -0.1) is 0 Å². The number of aromatic hydroxyl groups is 4. The summed E-state index contributed by atoms with van der Waals surface area (Å²) in [5.41, 5.74) is -2.97. The molecule has 0 bridgehead atoms. The Hall–Kier alpha value is -5.20. The van der Waals surface area contributed by atoms with Crippen molar-refractivity contribution in [1.82, 2.24) is 0 Å². The first-order valence-electron chi connectivity index (χ1n) is 16.2. The maximum Gasteiger partial charge on any atom is 0.302 e. The molecule has 12 nitrogen and oxygen atoms in total. The molecule has 4 aromatic carbocycles. The number of ether oxygens (including phenoxy) is 2. The molecule has 4 aromatic rings. The molecule has 0 saturated heterocycles. The van der Waals surface area contributed by atoms with Crippen molar-refractivity contribution >= 4 is 45.0 Å². The Bertz CT molecular complexity index is 2010. The molecule has 0 heterocycles. The number of benzene rings is 4. The van der Waals surface area contributed by atoms with Crippen LogP contribution < -0.4 is 0 Å². The fourth-order valence-electron chi connectivity index (χ4n) is 8.36. The van der Waals surface area contributed by atoms with E-state index in [1.54, 1.807) is 13.8 Å². The Balaban J connectivity index is 1.54. The van der Waals surface area contributed by atoms with Crippen LogP contribution in [0, 0.1) is 0 Å². The second kappa shape index (κ2) is 11.7. The minimum Gasteiger partial charge on any atom is -0.507 e. The van der Waals surface area contributed by atoms with E-state index in [9.17, 15) is 49.8 Å². The third-order valence-corrected chi connectivity index (χ3v) is 10.1. The third kappa shape index (κ3) is 5.30. The first kappa shape index (κ1) is 34.7. The second-order valence-electron chi connectivity index (χ2n) is 14.0. The Morgan fingerprint density at radius 2 is 1.00 bits per heavy atom. The molecule has 0 aliphatic heterocycles. The summed E-state index contributed by atoms with van der Waals surface area (Å²) < 4.78 is 10.7. The number of esters is 2. The molecule has 0 fully saturated rings. The Morgan fingerprint density at radius 1 is 0.660 bits per heavy atom. The quantitative estimate of drug-likeness (QED) is 0.149. The van der Waals surface area contributed by atoms with Gasteiger partial charge in [-0.3, -0.25) is 19.2 Å². The van der Waals surface area contributed by atoms with E-state index in [0.717, 1.165) is 0 Å². The number of phenolic OH excluding ortho intramolecular Hbond substituents is 4. The number of phenols is 4. The predicted octanol–water partition coefficient (Wildman–Crippen LogP) is 5.23. The Labute approximate surface area is 286 Å². The van der Waals surface area contributed by atoms with E-state index in [2.05, 4.69) is 0 Å². The van der Waals surface area contributed by atoms with E-state index in [1.807, 2.05) is 0 Å². The topological polar surface area (TPSA) is 208 Å². The predicted molar refractivity (Wildman–Crippen MR) is 181 cm³/mol. The van der Waals surface area contributed by atoms with Gasteiger partial charge in [-0.1, -0.05) is 12.1 Å². The molecule has 0 radical (unpaired) electrons. The maximum absolute atomic E-state index is 13.3. The molecule has 0 amide bonds. The molecule has 0 saturated carbocycles. The second-order valence-corrected chi connectivity index (χ2v) is 14.0. The first-order valence-corrected chi connectivity index (χ1v) is 16.2. The zero-order chi connectivity index (χ0) is 36.8. The molecule has 0 spiro atoms. The van der Waals surface area contributed by atoms with Crippen molar-refractivity contribution in [1.29, 1.82) is 0 Å². The molecule has 6 rings (SSSR count). The van der Waals surface area contributed by atoms with Gasteiger partial charge in [-0.05, 0) is 73.9 Å². The van der Waals surface area contributed by atoms with E-state index in [-0.39, 0.29) is 67.8 Å². The highest BCUT2D eigenvalue weighted by Crippen LogP contribution is 2.54. The van der Waals surface area contributed by atoms with Crippen molar-refractivity contribution in [3.8, 4) is 34.1 Å². The molecule has 6 N–H and O–H groups in total. The van der Waals surface area contributed by atoms with E-state index < -0.39 is 81.7 Å². The minimum absolute atomic E-state index is 0.0278. The van der Waals surface area contributed by atoms with Gasteiger partial charge in [0.05, 0.1) is 44.9 Å². The van der Waals surface area contributed by atoms with Crippen LogP contribution in [-0.2, 0) is 19.1 Å². The monoisotopic (exact) mass is 686 g/mol. The van der Waals surface area contributed by atoms with Crippen LogP contribution in [0.25, 0.3) is 32.7 Å². The van der Waals surface area contributed by atoms with Crippen molar-refractivity contribution < 1.29 is 59.3 Å². The SMILES string of the molecule is CC(=O)O[C@@H](C)[C@@H]1c2cc3ccc(-c4ccc5cc6c(c(O)c5c4O)C(=O)C[C@](C)(O)[C@@H]6[C@H](C)OC(C)=O)c(O)c3c(O)c2C(=O)C[C@]1(C)O. The lowest BCUT2D eigenvalue weighted by molar-refractivity contribution is -0.151. The number of fused-ring (bicyclic) bond motifs is 4. The number of hydrogen-bond donors (Lipinski definition) is 6. The van der Waals surface area contributed by atoms with E-state index in [4.69, 9.17) is 9.47 Å². The standard InChI is InChI=1S/C38H38O12/c1-15(49-17(3)39)31-23-11-19-7-9-21(33(43)27(19)35(45)29(23)25(41)13-37(31,5)47)22-10-8-20-12-24-30(36(46)28(20)34(22)44)26(42)14-38(6,48)32(24)16(2)50-18(4)40/h7-12,15-16,31-32,43-48H,13-14H2,1-6H3/t15-,16-,31+,32+,37-,38-/m0/s1. The highest BCUT2D eigenvalue weighted by molar-refractivity contribution is 6.13. The van der Waals surface area contributed by atoms with Gasteiger partial charge in [0.25, 0.3) is 0 Å². The zero-order valence-electron chi connectivity index (χ0n) is 28.3. The maximum atomic E-state index is 13.3. The van der Waals surface area contributed by atoms with E-state index in [1.165, 1.54) is 64.1 Å². The number of carbonyl (C=O) groups excluding carboxylic acids is 4. The normalized spacial score (nSPS) is 24.4. The van der Waals surface area contributed by atoms with Crippen LogP contribution in [0.4, 0.5) is 0 Å². The molecule has 2 aliphatic carbocycles. The van der Waals surface area contributed by atoms with Crippen molar-refractivity contribution in [3.63, 3.8) is 0 Å². The number of Topliss-reactive ketones (excluding diaryl/α,β-unsaturated/α-hetero) is 2. The molecular weight excluding hydrogens is 648 g/mol. The number of ketones is 2. The third-order valence-electron chi connectivity index (χ3n) is 10.1. The molecule has 50 heavy (non-hydrogen) atoms. The van der Waals surface area contributed by atoms with E-state index in [0.29, 0.717) is 0 Å². The number of carbonyl (C=O) groups is 4. The lowest BCUT2D eigenvalue weighted by Crippen LogP contribution is -2.46. The number of hydrogen-bond acceptors (Lipinski definition) is 12. The number of rotatable bonds is 5. The van der Waals surface area contributed by atoms with Crippen molar-refractivity contribution in [2.75, 3.05) is 0 Å². The number of aliphatic hydroxyl groups is 2. The van der Waals surface area contributed by atoms with Crippen LogP contribution >= 0.6 is 0 Å². The Kier molecular flexibility index (Phi) is 8.11. The molecule has 2 aliphatic rings.